The van der Waals surface area contributed by atoms with Gasteiger partial charge in [0.15, 0.2) is 11.5 Å². The molecule has 0 amide bonds. The molecule has 1 saturated heterocycles. The van der Waals surface area contributed by atoms with Crippen LogP contribution in [0.4, 0.5) is 5.95 Å². The Balaban J connectivity index is 1.69. The maximum atomic E-state index is 12.6. The second kappa shape index (κ2) is 10.7. The first-order valence-corrected chi connectivity index (χ1v) is 14.8. The second-order valence-corrected chi connectivity index (χ2v) is 15.3. The van der Waals surface area contributed by atoms with Gasteiger partial charge < -0.3 is 29.5 Å². The van der Waals surface area contributed by atoms with Crippen LogP contribution in [0.1, 0.15) is 46.2 Å². The van der Waals surface area contributed by atoms with Gasteiger partial charge in [-0.1, -0.05) is 79.5 Å². The van der Waals surface area contributed by atoms with Crippen LogP contribution in [0.2, 0.25) is 5.04 Å². The third-order valence-corrected chi connectivity index (χ3v) is 12.3. The molecule has 0 saturated carbocycles. The summed E-state index contributed by atoms with van der Waals surface area (Å²) in [7, 11) is -3.24. The van der Waals surface area contributed by atoms with Gasteiger partial charge >= 0.3 is 5.95 Å². The van der Waals surface area contributed by atoms with Crippen molar-refractivity contribution < 1.29 is 24.3 Å². The number of nitrogens with zero attached hydrogens (tertiary/aromatic N) is 3. The molecular weight excluding hydrogens is 502 g/mol. The largest absolute Gasteiger partial charge is 0.434 e. The molecule has 1 aliphatic heterocycles. The monoisotopic (exact) mass is 539 g/mol. The third-order valence-electron chi connectivity index (χ3n) is 7.73. The highest BCUT2D eigenvalue weighted by Gasteiger charge is 2.52. The van der Waals surface area contributed by atoms with E-state index in [1.165, 1.54) is 10.8 Å². The minimum Gasteiger partial charge on any atom is -0.424 e. The van der Waals surface area contributed by atoms with Crippen LogP contribution in [-0.2, 0) is 22.6 Å². The van der Waals surface area contributed by atoms with Gasteiger partial charge in [-0.05, 0) is 47.0 Å². The molecule has 0 spiro atoms. The van der Waals surface area contributed by atoms with E-state index in [0.29, 0.717) is 26.1 Å². The molecule has 1 fully saturated rings. The first-order chi connectivity index (χ1) is 17.9. The summed E-state index contributed by atoms with van der Waals surface area (Å²) < 4.78 is 13.6. The van der Waals surface area contributed by atoms with Crippen molar-refractivity contribution in [3.8, 4) is 0 Å². The van der Waals surface area contributed by atoms with E-state index in [-0.39, 0.29) is 24.8 Å². The highest BCUT2D eigenvalue weighted by molar-refractivity contribution is 6.98. The number of aromatic nitrogens is 2. The van der Waals surface area contributed by atoms with Gasteiger partial charge in [0.2, 0.25) is 0 Å². The van der Waals surface area contributed by atoms with Crippen LogP contribution in [0, 0.1) is 15.5 Å². The Labute approximate surface area is 224 Å². The zero-order valence-corrected chi connectivity index (χ0v) is 23.5. The van der Waals surface area contributed by atoms with Gasteiger partial charge in [-0.3, -0.25) is 0 Å². The lowest BCUT2D eigenvalue weighted by molar-refractivity contribution is -0.397. The minimum atomic E-state index is -3.24. The van der Waals surface area contributed by atoms with Gasteiger partial charge in [-0.15, -0.1) is 0 Å². The fourth-order valence-corrected chi connectivity index (χ4v) is 9.01. The zero-order valence-electron chi connectivity index (χ0n) is 22.5. The molecule has 2 aromatic carbocycles. The molecule has 2 heterocycles. The second-order valence-electron chi connectivity index (χ2n) is 11.4. The quantitative estimate of drug-likeness (QED) is 0.230. The average Bonchev–Trinajstić information content (AvgIpc) is 3.33. The van der Waals surface area contributed by atoms with E-state index in [4.69, 9.17) is 9.47 Å². The van der Waals surface area contributed by atoms with Crippen LogP contribution >= 0.6 is 0 Å². The maximum absolute atomic E-state index is 12.6. The third kappa shape index (κ3) is 5.59. The number of imidazole rings is 1. The van der Waals surface area contributed by atoms with Crippen molar-refractivity contribution in [1.82, 2.24) is 9.55 Å². The van der Waals surface area contributed by atoms with Crippen molar-refractivity contribution in [2.24, 2.45) is 5.41 Å². The number of aliphatic hydroxyl groups is 1. The van der Waals surface area contributed by atoms with Crippen LogP contribution < -0.4 is 10.4 Å². The molecule has 204 valence electrons. The zero-order chi connectivity index (χ0) is 27.6. The molecule has 0 radical (unpaired) electrons. The van der Waals surface area contributed by atoms with E-state index in [1.54, 1.807) is 0 Å². The Morgan fingerprint density at radius 1 is 1.05 bits per heavy atom. The minimum absolute atomic E-state index is 0.235. The molecule has 3 aromatic rings. The normalized spacial score (nSPS) is 17.3. The van der Waals surface area contributed by atoms with Crippen LogP contribution in [-0.4, -0.2) is 51.7 Å². The topological polar surface area (TPSA) is 120 Å². The first-order valence-electron chi connectivity index (χ1n) is 12.8. The predicted octanol–water partition coefficient (Wildman–Crippen LogP) is 3.37. The van der Waals surface area contributed by atoms with Crippen molar-refractivity contribution >= 4 is 24.6 Å². The molecule has 0 bridgehead atoms. The number of rotatable bonds is 10. The van der Waals surface area contributed by atoms with Crippen molar-refractivity contribution in [2.45, 2.75) is 64.5 Å². The lowest BCUT2D eigenvalue weighted by Crippen LogP contribution is -2.65. The highest BCUT2D eigenvalue weighted by atomic mass is 28.4. The van der Waals surface area contributed by atoms with Crippen LogP contribution in [0.3, 0.4) is 0 Å². The van der Waals surface area contributed by atoms with Crippen molar-refractivity contribution in [3.05, 3.63) is 82.7 Å². The number of hydrogen-bond donors (Lipinski definition) is 2. The summed E-state index contributed by atoms with van der Waals surface area (Å²) in [4.78, 5) is 27.7. The van der Waals surface area contributed by atoms with Gasteiger partial charge in [-0.2, -0.15) is 0 Å². The molecule has 10 heteroatoms. The van der Waals surface area contributed by atoms with E-state index in [2.05, 4.69) is 18.8 Å². The van der Waals surface area contributed by atoms with Crippen molar-refractivity contribution in [1.29, 1.82) is 0 Å². The number of nitro groups is 1. The summed E-state index contributed by atoms with van der Waals surface area (Å²) in [5.41, 5.74) is -0.367. The molecule has 0 unspecified atom stereocenters. The predicted molar refractivity (Wildman–Crippen MR) is 147 cm³/mol. The van der Waals surface area contributed by atoms with Gasteiger partial charge in [0, 0.05) is 5.41 Å². The van der Waals surface area contributed by atoms with Gasteiger partial charge in [0.25, 0.3) is 8.32 Å². The van der Waals surface area contributed by atoms with Crippen molar-refractivity contribution in [2.75, 3.05) is 13.2 Å². The SMILES string of the molecule is CC1(C)OCC(CCC(C)(C)[Si](O)(c2ccccc2)c2ccccc2)(Cn2cc(CO)nc2[N+](=O)[O-])CO1. The Bertz CT molecular complexity index is 1200. The smallest absolute Gasteiger partial charge is 0.424 e. The van der Waals surface area contributed by atoms with Crippen LogP contribution in [0.5, 0.6) is 0 Å². The number of benzene rings is 2. The maximum Gasteiger partial charge on any atom is 0.434 e. The van der Waals surface area contributed by atoms with Crippen LogP contribution in [0.15, 0.2) is 66.9 Å². The molecule has 9 nitrogen and oxygen atoms in total. The van der Waals surface area contributed by atoms with E-state index in [0.717, 1.165) is 10.4 Å². The molecular formula is C28H37N3O6Si. The number of ether oxygens (including phenoxy) is 2. The number of aliphatic hydroxyl groups excluding tert-OH is 1. The van der Waals surface area contributed by atoms with Crippen LogP contribution in [0.25, 0.3) is 0 Å². The summed E-state index contributed by atoms with van der Waals surface area (Å²) >= 11 is 0. The van der Waals surface area contributed by atoms with E-state index in [1.807, 2.05) is 74.5 Å². The Morgan fingerprint density at radius 2 is 1.58 bits per heavy atom. The van der Waals surface area contributed by atoms with E-state index in [9.17, 15) is 20.0 Å². The molecule has 1 aliphatic rings. The molecule has 4 rings (SSSR count). The lowest BCUT2D eigenvalue weighted by Gasteiger charge is -2.46. The lowest BCUT2D eigenvalue weighted by atomic mass is 9.81. The van der Waals surface area contributed by atoms with E-state index < -0.39 is 29.5 Å². The number of hydrogen-bond acceptors (Lipinski definition) is 7. The Morgan fingerprint density at radius 3 is 2.05 bits per heavy atom. The molecule has 0 atom stereocenters. The molecule has 0 aliphatic carbocycles. The van der Waals surface area contributed by atoms with Crippen molar-refractivity contribution in [3.63, 3.8) is 0 Å². The summed E-state index contributed by atoms with van der Waals surface area (Å²) in [6.45, 7) is 8.41. The van der Waals surface area contributed by atoms with E-state index >= 15 is 0 Å². The standard InChI is InChI=1S/C28H37N3O6Si/c1-26(2,38(35,23-11-7-5-8-12-23)24-13-9-6-10-14-24)15-16-28(20-36-27(3,4)37-21-28)19-30-17-22(18-32)29-25(30)31(33)34/h5-14,17,32,35H,15-16,18-21H2,1-4H3. The molecule has 1 aromatic heterocycles. The van der Waals surface area contributed by atoms with Gasteiger partial charge in [-0.25, -0.2) is 4.57 Å². The fourth-order valence-electron chi connectivity index (χ4n) is 5.28. The highest BCUT2D eigenvalue weighted by Crippen LogP contribution is 2.45. The van der Waals surface area contributed by atoms with Gasteiger partial charge in [0.1, 0.15) is 12.8 Å². The fraction of sp³-hybridized carbons (Fsp3) is 0.464. The first kappa shape index (κ1) is 28.1. The summed E-state index contributed by atoms with van der Waals surface area (Å²) in [6, 6.07) is 19.7. The summed E-state index contributed by atoms with van der Waals surface area (Å²) in [5, 5.41) is 22.6. The molecule has 2 N–H and O–H groups in total. The summed E-state index contributed by atoms with van der Waals surface area (Å²) in [6.07, 6.45) is 2.74. The summed E-state index contributed by atoms with van der Waals surface area (Å²) in [5.74, 6) is -1.09. The van der Waals surface area contributed by atoms with Gasteiger partial charge in [0.05, 0.1) is 19.8 Å². The molecule has 38 heavy (non-hydrogen) atoms. The Hall–Kier alpha value is -2.89. The average molecular weight is 540 g/mol. The Kier molecular flexibility index (Phi) is 7.92.